The summed E-state index contributed by atoms with van der Waals surface area (Å²) in [5.74, 6) is 0.925. The Bertz CT molecular complexity index is 958. The van der Waals surface area contributed by atoms with Crippen molar-refractivity contribution in [3.05, 3.63) is 73.3 Å². The highest BCUT2D eigenvalue weighted by Crippen LogP contribution is 2.35. The Kier molecular flexibility index (Phi) is 7.23. The zero-order valence-electron chi connectivity index (χ0n) is 18.2. The standard InChI is InChI=1S/C24H28ClN3O3/c1-24(2,16-25)21(31-23(29)27(3)4)22(28-15-14-26-17-28)30-20-12-10-19(11-13-20)18-8-6-5-7-9-18/h5-15,17,21-22H,16H2,1-4H3. The van der Waals surface area contributed by atoms with E-state index in [0.717, 1.165) is 11.1 Å². The minimum Gasteiger partial charge on any atom is -0.466 e. The number of hydrogen-bond acceptors (Lipinski definition) is 4. The van der Waals surface area contributed by atoms with Crippen molar-refractivity contribution in [2.45, 2.75) is 26.2 Å². The van der Waals surface area contributed by atoms with Gasteiger partial charge >= 0.3 is 6.09 Å². The number of hydrogen-bond donors (Lipinski definition) is 0. The molecule has 1 amide bonds. The normalized spacial score (nSPS) is 13.3. The second-order valence-electron chi connectivity index (χ2n) is 8.23. The van der Waals surface area contributed by atoms with Gasteiger partial charge in [-0.15, -0.1) is 11.6 Å². The van der Waals surface area contributed by atoms with Crippen molar-refractivity contribution in [2.75, 3.05) is 20.0 Å². The first-order valence-electron chi connectivity index (χ1n) is 10.1. The van der Waals surface area contributed by atoms with E-state index in [1.807, 2.05) is 56.3 Å². The summed E-state index contributed by atoms with van der Waals surface area (Å²) >= 11 is 6.26. The molecule has 0 aliphatic rings. The Morgan fingerprint density at radius 2 is 1.74 bits per heavy atom. The van der Waals surface area contributed by atoms with Crippen molar-refractivity contribution in [1.82, 2.24) is 14.5 Å². The fourth-order valence-electron chi connectivity index (χ4n) is 3.09. The van der Waals surface area contributed by atoms with Crippen LogP contribution in [-0.2, 0) is 4.74 Å². The van der Waals surface area contributed by atoms with Gasteiger partial charge in [-0.05, 0) is 23.3 Å². The minimum atomic E-state index is -0.664. The Balaban J connectivity index is 1.92. The third-order valence-electron chi connectivity index (χ3n) is 5.00. The van der Waals surface area contributed by atoms with Crippen molar-refractivity contribution in [2.24, 2.45) is 5.41 Å². The summed E-state index contributed by atoms with van der Waals surface area (Å²) in [6.45, 7) is 3.89. The monoisotopic (exact) mass is 441 g/mol. The van der Waals surface area contributed by atoms with E-state index in [-0.39, 0.29) is 5.88 Å². The SMILES string of the molecule is CN(C)C(=O)OC(C(Oc1ccc(-c2ccccc2)cc1)n1ccnc1)C(C)(C)CCl. The van der Waals surface area contributed by atoms with Crippen LogP contribution in [0, 0.1) is 5.41 Å². The summed E-state index contributed by atoms with van der Waals surface area (Å²) in [5, 5.41) is 0. The Hall–Kier alpha value is -2.99. The number of carbonyl (C=O) groups excluding carboxylic acids is 1. The molecule has 0 radical (unpaired) electrons. The van der Waals surface area contributed by atoms with E-state index in [2.05, 4.69) is 17.1 Å². The Morgan fingerprint density at radius 1 is 1.10 bits per heavy atom. The van der Waals surface area contributed by atoms with Crippen LogP contribution >= 0.6 is 11.6 Å². The zero-order chi connectivity index (χ0) is 22.4. The number of alkyl halides is 1. The number of imidazole rings is 1. The van der Waals surface area contributed by atoms with E-state index in [1.165, 1.54) is 4.90 Å². The molecule has 0 bridgehead atoms. The maximum Gasteiger partial charge on any atom is 0.409 e. The van der Waals surface area contributed by atoms with Crippen LogP contribution in [0.2, 0.25) is 0 Å². The average molecular weight is 442 g/mol. The molecule has 164 valence electrons. The van der Waals surface area contributed by atoms with E-state index in [0.29, 0.717) is 5.75 Å². The molecular formula is C24H28ClN3O3. The zero-order valence-corrected chi connectivity index (χ0v) is 19.0. The molecule has 1 aromatic heterocycles. The number of ether oxygens (including phenoxy) is 2. The molecule has 3 rings (SSSR count). The molecule has 0 fully saturated rings. The van der Waals surface area contributed by atoms with Crippen LogP contribution in [0.1, 0.15) is 20.1 Å². The summed E-state index contributed by atoms with van der Waals surface area (Å²) in [7, 11) is 3.28. The van der Waals surface area contributed by atoms with Crippen LogP contribution in [0.4, 0.5) is 4.79 Å². The second-order valence-corrected chi connectivity index (χ2v) is 8.50. The lowest BCUT2D eigenvalue weighted by Crippen LogP contribution is -2.45. The van der Waals surface area contributed by atoms with E-state index >= 15 is 0 Å². The second kappa shape index (κ2) is 9.88. The smallest absolute Gasteiger partial charge is 0.409 e. The number of carbonyl (C=O) groups is 1. The lowest BCUT2D eigenvalue weighted by atomic mass is 9.87. The Morgan fingerprint density at radius 3 is 2.29 bits per heavy atom. The van der Waals surface area contributed by atoms with Crippen LogP contribution in [0.5, 0.6) is 5.75 Å². The number of aromatic nitrogens is 2. The van der Waals surface area contributed by atoms with Crippen LogP contribution < -0.4 is 4.74 Å². The maximum atomic E-state index is 12.4. The van der Waals surface area contributed by atoms with E-state index in [4.69, 9.17) is 21.1 Å². The van der Waals surface area contributed by atoms with Gasteiger partial charge in [-0.1, -0.05) is 56.3 Å². The van der Waals surface area contributed by atoms with E-state index < -0.39 is 23.8 Å². The lowest BCUT2D eigenvalue weighted by Gasteiger charge is -2.38. The summed E-state index contributed by atoms with van der Waals surface area (Å²) in [6, 6.07) is 17.9. The van der Waals surface area contributed by atoms with Crippen LogP contribution in [0.25, 0.3) is 11.1 Å². The van der Waals surface area contributed by atoms with Gasteiger partial charge in [0.25, 0.3) is 0 Å². The third-order valence-corrected chi connectivity index (χ3v) is 5.69. The number of benzene rings is 2. The van der Waals surface area contributed by atoms with Gasteiger partial charge in [0.1, 0.15) is 5.75 Å². The molecule has 2 atom stereocenters. The van der Waals surface area contributed by atoms with Gasteiger partial charge in [0.15, 0.2) is 6.10 Å². The van der Waals surface area contributed by atoms with Crippen molar-refractivity contribution in [1.29, 1.82) is 0 Å². The van der Waals surface area contributed by atoms with Crippen LogP contribution in [0.3, 0.4) is 0 Å². The van der Waals surface area contributed by atoms with Crippen molar-refractivity contribution in [3.63, 3.8) is 0 Å². The first kappa shape index (κ1) is 22.7. The topological polar surface area (TPSA) is 56.6 Å². The molecule has 0 N–H and O–H groups in total. The average Bonchev–Trinajstić information content (AvgIpc) is 3.31. The Labute approximate surface area is 188 Å². The predicted molar refractivity (Wildman–Crippen MR) is 122 cm³/mol. The van der Waals surface area contributed by atoms with Gasteiger partial charge in [0, 0.05) is 37.8 Å². The van der Waals surface area contributed by atoms with Gasteiger partial charge in [0.05, 0.1) is 6.33 Å². The molecule has 0 spiro atoms. The minimum absolute atomic E-state index is 0.278. The molecule has 6 nitrogen and oxygen atoms in total. The lowest BCUT2D eigenvalue weighted by molar-refractivity contribution is -0.0791. The number of amides is 1. The van der Waals surface area contributed by atoms with Crippen molar-refractivity contribution in [3.8, 4) is 16.9 Å². The molecule has 0 aliphatic carbocycles. The van der Waals surface area contributed by atoms with Gasteiger partial charge in [-0.3, -0.25) is 4.57 Å². The molecule has 0 saturated heterocycles. The number of halogens is 1. The molecule has 2 unspecified atom stereocenters. The van der Waals surface area contributed by atoms with Crippen molar-refractivity contribution < 1.29 is 14.3 Å². The molecular weight excluding hydrogens is 414 g/mol. The first-order valence-corrected chi connectivity index (χ1v) is 10.6. The molecule has 1 heterocycles. The highest BCUT2D eigenvalue weighted by atomic mass is 35.5. The van der Waals surface area contributed by atoms with E-state index in [1.54, 1.807) is 37.4 Å². The number of rotatable bonds is 8. The van der Waals surface area contributed by atoms with E-state index in [9.17, 15) is 4.79 Å². The quantitative estimate of drug-likeness (QED) is 0.435. The predicted octanol–water partition coefficient (Wildman–Crippen LogP) is 5.46. The van der Waals surface area contributed by atoms with Crippen LogP contribution in [0.15, 0.2) is 73.3 Å². The summed E-state index contributed by atoms with van der Waals surface area (Å²) < 4.78 is 14.0. The maximum absolute atomic E-state index is 12.4. The van der Waals surface area contributed by atoms with Gasteiger partial charge < -0.3 is 14.4 Å². The molecule has 7 heteroatoms. The fourth-order valence-corrected chi connectivity index (χ4v) is 3.24. The highest BCUT2D eigenvalue weighted by Gasteiger charge is 2.41. The third kappa shape index (κ3) is 5.58. The van der Waals surface area contributed by atoms with Gasteiger partial charge in [-0.2, -0.15) is 0 Å². The molecule has 3 aromatic rings. The number of nitrogens with zero attached hydrogens (tertiary/aromatic N) is 3. The largest absolute Gasteiger partial charge is 0.466 e. The molecule has 2 aromatic carbocycles. The summed E-state index contributed by atoms with van der Waals surface area (Å²) in [6.07, 6.45) is 3.31. The fraction of sp³-hybridized carbons (Fsp3) is 0.333. The first-order chi connectivity index (χ1) is 14.8. The molecule has 31 heavy (non-hydrogen) atoms. The van der Waals surface area contributed by atoms with Gasteiger partial charge in [-0.25, -0.2) is 9.78 Å². The molecule has 0 aliphatic heterocycles. The van der Waals surface area contributed by atoms with Crippen molar-refractivity contribution >= 4 is 17.7 Å². The molecule has 0 saturated carbocycles. The van der Waals surface area contributed by atoms with Gasteiger partial charge in [0.2, 0.25) is 6.23 Å². The summed E-state index contributed by atoms with van der Waals surface area (Å²) in [5.41, 5.74) is 1.65. The highest BCUT2D eigenvalue weighted by molar-refractivity contribution is 6.18. The van der Waals surface area contributed by atoms with Crippen LogP contribution in [-0.4, -0.2) is 46.6 Å². The summed E-state index contributed by atoms with van der Waals surface area (Å²) in [4.78, 5) is 18.0.